The van der Waals surface area contributed by atoms with E-state index in [1.54, 1.807) is 18.2 Å². The van der Waals surface area contributed by atoms with E-state index in [2.05, 4.69) is 19.9 Å². The Morgan fingerprint density at radius 1 is 1.35 bits per heavy atom. The molecule has 0 saturated carbocycles. The van der Waals surface area contributed by atoms with Gasteiger partial charge in [-0.2, -0.15) is 5.26 Å². The molecule has 0 aliphatic heterocycles. The van der Waals surface area contributed by atoms with E-state index in [0.29, 0.717) is 21.9 Å². The zero-order valence-corrected chi connectivity index (χ0v) is 13.0. The summed E-state index contributed by atoms with van der Waals surface area (Å²) in [4.78, 5) is 27.5. The quantitative estimate of drug-likeness (QED) is 0.558. The lowest BCUT2D eigenvalue weighted by molar-refractivity contribution is 0.901. The van der Waals surface area contributed by atoms with E-state index in [0.717, 1.165) is 0 Å². The van der Waals surface area contributed by atoms with Crippen LogP contribution in [0, 0.1) is 11.3 Å². The number of para-hydroxylation sites is 1. The standard InChI is InChI=1S/C15H12N6OS/c1-8(23-15-18-7-9(6-16)12(17)20-15)13-19-11-5-3-2-4-10(11)14(22)21-13/h2-5,7-8H,1H3,(H2,17,18,20)(H,19,21,22)/t8-/m1/s1. The van der Waals surface area contributed by atoms with Gasteiger partial charge in [-0.1, -0.05) is 23.9 Å². The molecule has 2 aromatic heterocycles. The van der Waals surface area contributed by atoms with Crippen molar-refractivity contribution in [1.82, 2.24) is 19.9 Å². The maximum absolute atomic E-state index is 12.1. The number of H-pyrrole nitrogens is 1. The number of nitrogens with zero attached hydrogens (tertiary/aromatic N) is 4. The second-order valence-electron chi connectivity index (χ2n) is 4.79. The van der Waals surface area contributed by atoms with Crippen molar-refractivity contribution < 1.29 is 0 Å². The van der Waals surface area contributed by atoms with Crippen LogP contribution < -0.4 is 11.3 Å². The number of fused-ring (bicyclic) bond motifs is 1. The number of aromatic amines is 1. The van der Waals surface area contributed by atoms with Crippen LogP contribution in [0.4, 0.5) is 5.82 Å². The van der Waals surface area contributed by atoms with Crippen LogP contribution in [0.15, 0.2) is 40.4 Å². The molecule has 0 aliphatic carbocycles. The summed E-state index contributed by atoms with van der Waals surface area (Å²) in [6.07, 6.45) is 1.38. The smallest absolute Gasteiger partial charge is 0.258 e. The predicted molar refractivity (Wildman–Crippen MR) is 87.8 cm³/mol. The lowest BCUT2D eigenvalue weighted by atomic mass is 10.2. The molecule has 0 unspecified atom stereocenters. The molecule has 23 heavy (non-hydrogen) atoms. The van der Waals surface area contributed by atoms with E-state index >= 15 is 0 Å². The minimum absolute atomic E-state index is 0.136. The maximum atomic E-state index is 12.1. The number of hydrogen-bond acceptors (Lipinski definition) is 7. The van der Waals surface area contributed by atoms with Crippen LogP contribution >= 0.6 is 11.8 Å². The first-order valence-electron chi connectivity index (χ1n) is 6.76. The first-order valence-corrected chi connectivity index (χ1v) is 7.64. The molecule has 0 aliphatic rings. The van der Waals surface area contributed by atoms with Gasteiger partial charge in [0.05, 0.1) is 22.3 Å². The van der Waals surface area contributed by atoms with Crippen LogP contribution in [0.5, 0.6) is 0 Å². The lowest BCUT2D eigenvalue weighted by Crippen LogP contribution is -2.13. The molecule has 114 valence electrons. The van der Waals surface area contributed by atoms with Crippen LogP contribution in [0.25, 0.3) is 10.9 Å². The van der Waals surface area contributed by atoms with E-state index in [1.165, 1.54) is 18.0 Å². The molecular weight excluding hydrogens is 312 g/mol. The van der Waals surface area contributed by atoms with Gasteiger partial charge in [0.1, 0.15) is 23.3 Å². The van der Waals surface area contributed by atoms with E-state index in [-0.39, 0.29) is 22.2 Å². The highest BCUT2D eigenvalue weighted by Crippen LogP contribution is 2.31. The number of hydrogen-bond donors (Lipinski definition) is 2. The number of aromatic nitrogens is 4. The summed E-state index contributed by atoms with van der Waals surface area (Å²) in [7, 11) is 0. The third-order valence-electron chi connectivity index (χ3n) is 3.22. The summed E-state index contributed by atoms with van der Waals surface area (Å²) in [6.45, 7) is 1.88. The van der Waals surface area contributed by atoms with Gasteiger partial charge in [0.15, 0.2) is 5.16 Å². The van der Waals surface area contributed by atoms with E-state index < -0.39 is 0 Å². The van der Waals surface area contributed by atoms with Gasteiger partial charge in [0.25, 0.3) is 5.56 Å². The number of anilines is 1. The van der Waals surface area contributed by atoms with E-state index in [1.807, 2.05) is 19.1 Å². The van der Waals surface area contributed by atoms with Gasteiger partial charge in [-0.25, -0.2) is 15.0 Å². The largest absolute Gasteiger partial charge is 0.382 e. The highest BCUT2D eigenvalue weighted by Gasteiger charge is 2.14. The molecule has 7 nitrogen and oxygen atoms in total. The van der Waals surface area contributed by atoms with Gasteiger partial charge < -0.3 is 10.7 Å². The predicted octanol–water partition coefficient (Wildman–Crippen LogP) is 2.02. The van der Waals surface area contributed by atoms with Crippen molar-refractivity contribution in [2.24, 2.45) is 0 Å². The number of nitrogens with one attached hydrogen (secondary N) is 1. The minimum Gasteiger partial charge on any atom is -0.382 e. The van der Waals surface area contributed by atoms with Crippen LogP contribution in [-0.2, 0) is 0 Å². The van der Waals surface area contributed by atoms with E-state index in [9.17, 15) is 4.79 Å². The number of nitrogens with two attached hydrogens (primary N) is 1. The van der Waals surface area contributed by atoms with Crippen molar-refractivity contribution in [3.05, 3.63) is 52.2 Å². The lowest BCUT2D eigenvalue weighted by Gasteiger charge is -2.10. The van der Waals surface area contributed by atoms with Gasteiger partial charge in [-0.15, -0.1) is 0 Å². The highest BCUT2D eigenvalue weighted by molar-refractivity contribution is 7.99. The van der Waals surface area contributed by atoms with Gasteiger partial charge in [0, 0.05) is 0 Å². The molecule has 0 bridgehead atoms. The molecule has 3 rings (SSSR count). The topological polar surface area (TPSA) is 121 Å². The SMILES string of the molecule is C[C@@H](Sc1ncc(C#N)c(N)n1)c1nc2ccccc2c(=O)[nH]1. The van der Waals surface area contributed by atoms with Crippen LogP contribution in [-0.4, -0.2) is 19.9 Å². The second kappa shape index (κ2) is 6.06. The average molecular weight is 324 g/mol. The fraction of sp³-hybridized carbons (Fsp3) is 0.133. The fourth-order valence-electron chi connectivity index (χ4n) is 2.03. The Balaban J connectivity index is 1.92. The fourth-order valence-corrected chi connectivity index (χ4v) is 2.84. The molecule has 0 fully saturated rings. The average Bonchev–Trinajstić information content (AvgIpc) is 2.55. The normalized spacial score (nSPS) is 12.0. The van der Waals surface area contributed by atoms with Crippen LogP contribution in [0.2, 0.25) is 0 Å². The second-order valence-corrected chi connectivity index (χ2v) is 6.10. The summed E-state index contributed by atoms with van der Waals surface area (Å²) in [6, 6.07) is 9.07. The molecule has 0 saturated heterocycles. The first kappa shape index (κ1) is 15.0. The number of thioether (sulfide) groups is 1. The molecule has 1 aromatic carbocycles. The summed E-state index contributed by atoms with van der Waals surface area (Å²) in [5.74, 6) is 0.669. The van der Waals surface area contributed by atoms with Crippen molar-refractivity contribution in [3.63, 3.8) is 0 Å². The summed E-state index contributed by atoms with van der Waals surface area (Å²) >= 11 is 1.30. The summed E-state index contributed by atoms with van der Waals surface area (Å²) < 4.78 is 0. The van der Waals surface area contributed by atoms with Crippen molar-refractivity contribution >= 4 is 28.5 Å². The molecule has 3 aromatic rings. The molecule has 0 spiro atoms. The molecule has 8 heteroatoms. The number of benzene rings is 1. The van der Waals surface area contributed by atoms with Gasteiger partial charge in [-0.3, -0.25) is 4.79 Å². The van der Waals surface area contributed by atoms with Crippen molar-refractivity contribution in [3.8, 4) is 6.07 Å². The highest BCUT2D eigenvalue weighted by atomic mass is 32.2. The Kier molecular flexibility index (Phi) is 3.95. The Labute approximate surface area is 135 Å². The summed E-state index contributed by atoms with van der Waals surface area (Å²) in [5, 5.41) is 9.62. The summed E-state index contributed by atoms with van der Waals surface area (Å²) in [5.41, 5.74) is 6.38. The Morgan fingerprint density at radius 3 is 2.87 bits per heavy atom. The monoisotopic (exact) mass is 324 g/mol. The Hall–Kier alpha value is -2.92. The number of nitrogen functional groups attached to an aromatic ring is 1. The Morgan fingerprint density at radius 2 is 2.13 bits per heavy atom. The molecule has 2 heterocycles. The molecule has 3 N–H and O–H groups in total. The molecular formula is C15H12N6OS. The van der Waals surface area contributed by atoms with E-state index in [4.69, 9.17) is 11.0 Å². The van der Waals surface area contributed by atoms with Crippen molar-refractivity contribution in [2.75, 3.05) is 5.73 Å². The van der Waals surface area contributed by atoms with Gasteiger partial charge in [0.2, 0.25) is 0 Å². The molecule has 0 radical (unpaired) electrons. The zero-order chi connectivity index (χ0) is 16.4. The van der Waals surface area contributed by atoms with Gasteiger partial charge >= 0.3 is 0 Å². The van der Waals surface area contributed by atoms with Crippen LogP contribution in [0.3, 0.4) is 0 Å². The van der Waals surface area contributed by atoms with Gasteiger partial charge in [-0.05, 0) is 19.1 Å². The van der Waals surface area contributed by atoms with Crippen molar-refractivity contribution in [2.45, 2.75) is 17.3 Å². The van der Waals surface area contributed by atoms with Crippen molar-refractivity contribution in [1.29, 1.82) is 5.26 Å². The molecule has 1 atom stereocenters. The number of nitriles is 1. The van der Waals surface area contributed by atoms with Crippen LogP contribution in [0.1, 0.15) is 23.6 Å². The number of rotatable bonds is 3. The third-order valence-corrected chi connectivity index (χ3v) is 4.20. The zero-order valence-electron chi connectivity index (χ0n) is 12.1. The molecule has 0 amide bonds. The third kappa shape index (κ3) is 3.00. The maximum Gasteiger partial charge on any atom is 0.258 e. The Bertz CT molecular complexity index is 978. The first-order chi connectivity index (χ1) is 11.1. The minimum atomic E-state index is -0.182.